The van der Waals surface area contributed by atoms with Gasteiger partial charge in [-0.1, -0.05) is 0 Å². The van der Waals surface area contributed by atoms with Crippen molar-refractivity contribution in [1.82, 2.24) is 15.2 Å². The van der Waals surface area contributed by atoms with Crippen molar-refractivity contribution in [3.05, 3.63) is 41.7 Å². The van der Waals surface area contributed by atoms with Crippen LogP contribution < -0.4 is 5.32 Å². The number of hydrogen-bond donors (Lipinski definition) is 2. The Kier molecular flexibility index (Phi) is 3.14. The van der Waals surface area contributed by atoms with Gasteiger partial charge in [0.25, 0.3) is 0 Å². The van der Waals surface area contributed by atoms with Gasteiger partial charge in [0, 0.05) is 18.7 Å². The van der Waals surface area contributed by atoms with Gasteiger partial charge in [-0.3, -0.25) is 5.10 Å². The van der Waals surface area contributed by atoms with Crippen molar-refractivity contribution in [1.29, 1.82) is 0 Å². The van der Waals surface area contributed by atoms with Crippen LogP contribution in [0.25, 0.3) is 0 Å². The third-order valence-corrected chi connectivity index (χ3v) is 2.17. The number of benzene rings is 1. The number of rotatable bonds is 4. The maximum absolute atomic E-state index is 12.6. The third kappa shape index (κ3) is 2.79. The van der Waals surface area contributed by atoms with Crippen molar-refractivity contribution in [3.63, 3.8) is 0 Å². The van der Waals surface area contributed by atoms with Gasteiger partial charge in [0.15, 0.2) is 5.82 Å². The molecule has 0 atom stereocenters. The number of aromatic amines is 1. The highest BCUT2D eigenvalue weighted by molar-refractivity contribution is 5.42. The van der Waals surface area contributed by atoms with Crippen molar-refractivity contribution in [3.8, 4) is 0 Å². The molecule has 1 aromatic heterocycles. The lowest BCUT2D eigenvalue weighted by atomic mass is 10.3. The summed E-state index contributed by atoms with van der Waals surface area (Å²) in [6.07, 6.45) is 0.738. The molecule has 0 spiro atoms. The van der Waals surface area contributed by atoms with E-state index in [1.165, 1.54) is 12.1 Å². The number of H-pyrrole nitrogens is 1. The molecule has 0 saturated heterocycles. The minimum absolute atomic E-state index is 0.227. The summed E-state index contributed by atoms with van der Waals surface area (Å²) >= 11 is 0. The topological polar surface area (TPSA) is 53.6 Å². The Morgan fingerprint density at radius 2 is 2.06 bits per heavy atom. The zero-order valence-corrected chi connectivity index (χ0v) is 9.00. The second-order valence-corrected chi connectivity index (χ2v) is 3.52. The Labute approximate surface area is 92.9 Å². The van der Waals surface area contributed by atoms with E-state index in [1.807, 2.05) is 6.92 Å². The molecular formula is C11H13FN4. The SMILES string of the molecule is Cc1nc(CCNc2ccc(F)cc2)n[nH]1. The molecule has 2 rings (SSSR count). The molecular weight excluding hydrogens is 207 g/mol. The lowest BCUT2D eigenvalue weighted by molar-refractivity contribution is 0.628. The average molecular weight is 220 g/mol. The van der Waals surface area contributed by atoms with Crippen LogP contribution in [0.1, 0.15) is 11.6 Å². The first-order chi connectivity index (χ1) is 7.74. The van der Waals surface area contributed by atoms with Gasteiger partial charge in [-0.2, -0.15) is 5.10 Å². The molecule has 84 valence electrons. The van der Waals surface area contributed by atoms with E-state index < -0.39 is 0 Å². The quantitative estimate of drug-likeness (QED) is 0.827. The third-order valence-electron chi connectivity index (χ3n) is 2.17. The highest BCUT2D eigenvalue weighted by Gasteiger charge is 1.99. The number of aromatic nitrogens is 3. The van der Waals surface area contributed by atoms with Crippen molar-refractivity contribution in [2.75, 3.05) is 11.9 Å². The fourth-order valence-electron chi connectivity index (χ4n) is 1.39. The van der Waals surface area contributed by atoms with Gasteiger partial charge in [0.05, 0.1) is 0 Å². The van der Waals surface area contributed by atoms with Crippen LogP contribution in [0.2, 0.25) is 0 Å². The van der Waals surface area contributed by atoms with Gasteiger partial charge in [-0.05, 0) is 31.2 Å². The Bertz CT molecular complexity index is 449. The van der Waals surface area contributed by atoms with E-state index in [4.69, 9.17) is 0 Å². The Morgan fingerprint density at radius 1 is 1.31 bits per heavy atom. The van der Waals surface area contributed by atoms with Crippen molar-refractivity contribution < 1.29 is 4.39 Å². The highest BCUT2D eigenvalue weighted by Crippen LogP contribution is 2.07. The van der Waals surface area contributed by atoms with Gasteiger partial charge in [-0.15, -0.1) is 0 Å². The predicted octanol–water partition coefficient (Wildman–Crippen LogP) is 1.91. The monoisotopic (exact) mass is 220 g/mol. The molecule has 2 N–H and O–H groups in total. The summed E-state index contributed by atoms with van der Waals surface area (Å²) in [5.74, 6) is 1.37. The predicted molar refractivity (Wildman–Crippen MR) is 59.7 cm³/mol. The van der Waals surface area contributed by atoms with E-state index in [1.54, 1.807) is 12.1 Å². The second-order valence-electron chi connectivity index (χ2n) is 3.52. The molecule has 0 bridgehead atoms. The van der Waals surface area contributed by atoms with Crippen LogP contribution in [0.15, 0.2) is 24.3 Å². The summed E-state index contributed by atoms with van der Waals surface area (Å²) in [5.41, 5.74) is 0.897. The zero-order chi connectivity index (χ0) is 11.4. The minimum Gasteiger partial charge on any atom is -0.385 e. The largest absolute Gasteiger partial charge is 0.385 e. The van der Waals surface area contributed by atoms with Crippen LogP contribution >= 0.6 is 0 Å². The number of halogens is 1. The Hall–Kier alpha value is -1.91. The lowest BCUT2D eigenvalue weighted by Crippen LogP contribution is -2.05. The van der Waals surface area contributed by atoms with Crippen LogP contribution in [0.4, 0.5) is 10.1 Å². The molecule has 0 aliphatic heterocycles. The van der Waals surface area contributed by atoms with Crippen LogP contribution in [-0.4, -0.2) is 21.7 Å². The van der Waals surface area contributed by atoms with E-state index >= 15 is 0 Å². The average Bonchev–Trinajstić information content (AvgIpc) is 2.67. The minimum atomic E-state index is -0.227. The molecule has 0 fully saturated rings. The molecule has 1 aromatic carbocycles. The van der Waals surface area contributed by atoms with Crippen LogP contribution in [0, 0.1) is 12.7 Å². The molecule has 5 heteroatoms. The summed E-state index contributed by atoms with van der Waals surface area (Å²) in [6.45, 7) is 2.59. The summed E-state index contributed by atoms with van der Waals surface area (Å²) < 4.78 is 12.6. The highest BCUT2D eigenvalue weighted by atomic mass is 19.1. The van der Waals surface area contributed by atoms with Gasteiger partial charge in [0.2, 0.25) is 0 Å². The second kappa shape index (κ2) is 4.74. The van der Waals surface area contributed by atoms with E-state index in [9.17, 15) is 4.39 Å². The standard InChI is InChI=1S/C11H13FN4/c1-8-14-11(16-15-8)6-7-13-10-4-2-9(12)3-5-10/h2-5,13H,6-7H2,1H3,(H,14,15,16). The molecule has 0 radical (unpaired) electrons. The zero-order valence-electron chi connectivity index (χ0n) is 9.00. The van der Waals surface area contributed by atoms with Gasteiger partial charge >= 0.3 is 0 Å². The Balaban J connectivity index is 1.82. The number of nitrogens with zero attached hydrogens (tertiary/aromatic N) is 2. The van der Waals surface area contributed by atoms with Crippen LogP contribution in [0.3, 0.4) is 0 Å². The normalized spacial score (nSPS) is 10.4. The molecule has 16 heavy (non-hydrogen) atoms. The van der Waals surface area contributed by atoms with Gasteiger partial charge < -0.3 is 5.32 Å². The summed E-state index contributed by atoms with van der Waals surface area (Å²) in [7, 11) is 0. The van der Waals surface area contributed by atoms with E-state index in [-0.39, 0.29) is 5.82 Å². The van der Waals surface area contributed by atoms with E-state index in [2.05, 4.69) is 20.5 Å². The Morgan fingerprint density at radius 3 is 2.69 bits per heavy atom. The van der Waals surface area contributed by atoms with Crippen molar-refractivity contribution in [2.45, 2.75) is 13.3 Å². The van der Waals surface area contributed by atoms with Crippen molar-refractivity contribution in [2.24, 2.45) is 0 Å². The molecule has 0 aliphatic rings. The van der Waals surface area contributed by atoms with Crippen LogP contribution in [0.5, 0.6) is 0 Å². The van der Waals surface area contributed by atoms with Gasteiger partial charge in [0.1, 0.15) is 11.6 Å². The smallest absolute Gasteiger partial charge is 0.152 e. The summed E-state index contributed by atoms with van der Waals surface area (Å²) in [4.78, 5) is 4.19. The van der Waals surface area contributed by atoms with Crippen LogP contribution in [-0.2, 0) is 6.42 Å². The fraction of sp³-hybridized carbons (Fsp3) is 0.273. The van der Waals surface area contributed by atoms with E-state index in [0.29, 0.717) is 0 Å². The molecule has 2 aromatic rings. The first-order valence-electron chi connectivity index (χ1n) is 5.11. The molecule has 1 heterocycles. The van der Waals surface area contributed by atoms with E-state index in [0.717, 1.165) is 30.3 Å². The molecule has 0 unspecified atom stereocenters. The first kappa shape index (κ1) is 10.6. The summed E-state index contributed by atoms with van der Waals surface area (Å²) in [5, 5.41) is 9.98. The fourth-order valence-corrected chi connectivity index (χ4v) is 1.39. The molecule has 0 amide bonds. The molecule has 4 nitrogen and oxygen atoms in total. The maximum Gasteiger partial charge on any atom is 0.152 e. The number of anilines is 1. The number of aryl methyl sites for hydroxylation is 1. The molecule has 0 aliphatic carbocycles. The lowest BCUT2D eigenvalue weighted by Gasteiger charge is -2.03. The van der Waals surface area contributed by atoms with Gasteiger partial charge in [-0.25, -0.2) is 9.37 Å². The number of hydrogen-bond acceptors (Lipinski definition) is 3. The number of nitrogens with one attached hydrogen (secondary N) is 2. The first-order valence-corrected chi connectivity index (χ1v) is 5.11. The van der Waals surface area contributed by atoms with Crippen molar-refractivity contribution >= 4 is 5.69 Å². The molecule has 0 saturated carbocycles. The summed E-state index contributed by atoms with van der Waals surface area (Å²) in [6, 6.07) is 6.27. The maximum atomic E-state index is 12.6.